The number of benzene rings is 2. The van der Waals surface area contributed by atoms with Crippen LogP contribution in [0.2, 0.25) is 0 Å². The molecule has 0 aliphatic carbocycles. The minimum absolute atomic E-state index is 0.0567. The van der Waals surface area contributed by atoms with Gasteiger partial charge in [-0.05, 0) is 25.2 Å². The van der Waals surface area contributed by atoms with E-state index in [1.165, 1.54) is 0 Å². The van der Waals surface area contributed by atoms with E-state index in [4.69, 9.17) is 23.7 Å². The van der Waals surface area contributed by atoms with Gasteiger partial charge in [-0.2, -0.15) is 0 Å². The number of hydrogen-bond donors (Lipinski definition) is 0. The Kier molecular flexibility index (Phi) is 5.46. The van der Waals surface area contributed by atoms with Crippen molar-refractivity contribution in [3.63, 3.8) is 0 Å². The number of hydrogen-bond acceptors (Lipinski definition) is 6. The molecule has 0 saturated carbocycles. The van der Waals surface area contributed by atoms with E-state index in [0.717, 1.165) is 53.0 Å². The SMILES string of the molecule is CCN(CC)[C@H]1Oc2cc3c(cc2[C@@H](c2cccc(OC)c2OC)[C@@H]1C)OCO3. The zero-order valence-electron chi connectivity index (χ0n) is 17.7. The summed E-state index contributed by atoms with van der Waals surface area (Å²) in [5.74, 6) is 4.05. The molecule has 0 bridgehead atoms. The first-order valence-corrected chi connectivity index (χ1v) is 10.2. The van der Waals surface area contributed by atoms with Gasteiger partial charge in [0, 0.05) is 29.0 Å². The Morgan fingerprint density at radius 2 is 1.69 bits per heavy atom. The summed E-state index contributed by atoms with van der Waals surface area (Å²) in [5.41, 5.74) is 2.16. The van der Waals surface area contributed by atoms with Crippen LogP contribution < -0.4 is 23.7 Å². The molecule has 0 radical (unpaired) electrons. The van der Waals surface area contributed by atoms with E-state index in [-0.39, 0.29) is 24.9 Å². The maximum Gasteiger partial charge on any atom is 0.231 e. The Labute approximate surface area is 172 Å². The highest BCUT2D eigenvalue weighted by molar-refractivity contribution is 5.59. The van der Waals surface area contributed by atoms with E-state index in [1.807, 2.05) is 18.2 Å². The van der Waals surface area contributed by atoms with Gasteiger partial charge in [0.2, 0.25) is 6.79 Å². The number of ether oxygens (including phenoxy) is 5. The predicted molar refractivity (Wildman–Crippen MR) is 110 cm³/mol. The second-order valence-corrected chi connectivity index (χ2v) is 7.39. The molecule has 2 heterocycles. The van der Waals surface area contributed by atoms with Crippen LogP contribution in [0.15, 0.2) is 30.3 Å². The normalized spacial score (nSPS) is 22.2. The van der Waals surface area contributed by atoms with Crippen LogP contribution in [0.1, 0.15) is 37.8 Å². The van der Waals surface area contributed by atoms with Gasteiger partial charge in [-0.1, -0.05) is 32.9 Å². The van der Waals surface area contributed by atoms with Crippen LogP contribution in [0.4, 0.5) is 0 Å². The van der Waals surface area contributed by atoms with Crippen molar-refractivity contribution in [2.75, 3.05) is 34.1 Å². The Morgan fingerprint density at radius 1 is 0.966 bits per heavy atom. The summed E-state index contributed by atoms with van der Waals surface area (Å²) in [4.78, 5) is 2.35. The molecule has 0 unspecified atom stereocenters. The molecule has 4 rings (SSSR count). The Hall–Kier alpha value is -2.60. The van der Waals surface area contributed by atoms with Gasteiger partial charge in [-0.15, -0.1) is 0 Å². The van der Waals surface area contributed by atoms with Gasteiger partial charge in [-0.25, -0.2) is 0 Å². The highest BCUT2D eigenvalue weighted by Gasteiger charge is 2.41. The lowest BCUT2D eigenvalue weighted by Crippen LogP contribution is -2.48. The quantitative estimate of drug-likeness (QED) is 0.723. The van der Waals surface area contributed by atoms with Crippen molar-refractivity contribution < 1.29 is 23.7 Å². The highest BCUT2D eigenvalue weighted by atomic mass is 16.7. The summed E-state index contributed by atoms with van der Waals surface area (Å²) >= 11 is 0. The molecule has 156 valence electrons. The van der Waals surface area contributed by atoms with E-state index >= 15 is 0 Å². The van der Waals surface area contributed by atoms with Gasteiger partial charge in [0.25, 0.3) is 0 Å². The first-order chi connectivity index (χ1) is 14.1. The average Bonchev–Trinajstić information content (AvgIpc) is 3.20. The van der Waals surface area contributed by atoms with Crippen molar-refractivity contribution in [2.45, 2.75) is 32.9 Å². The number of nitrogens with zero attached hydrogens (tertiary/aromatic N) is 1. The standard InChI is InChI=1S/C23H29NO5/c1-6-24(7-2)23-14(3)21(15-9-8-10-17(25-4)22(15)26-5)16-11-19-20(28-13-27-19)12-18(16)29-23/h8-12,14,21,23H,6-7,13H2,1-5H3/t14-,21+,23-/m0/s1. The first-order valence-electron chi connectivity index (χ1n) is 10.2. The van der Waals surface area contributed by atoms with Crippen molar-refractivity contribution in [3.8, 4) is 28.7 Å². The smallest absolute Gasteiger partial charge is 0.231 e. The van der Waals surface area contributed by atoms with E-state index in [2.05, 4.69) is 37.8 Å². The van der Waals surface area contributed by atoms with Crippen LogP contribution in [-0.4, -0.2) is 45.2 Å². The molecule has 2 aromatic carbocycles. The molecule has 2 aromatic rings. The molecule has 29 heavy (non-hydrogen) atoms. The molecule has 0 fully saturated rings. The molecule has 0 saturated heterocycles. The summed E-state index contributed by atoms with van der Waals surface area (Å²) in [7, 11) is 3.35. The fourth-order valence-electron chi connectivity index (χ4n) is 4.57. The first kappa shape index (κ1) is 19.7. The molecular formula is C23H29NO5. The summed E-state index contributed by atoms with van der Waals surface area (Å²) in [6.45, 7) is 8.62. The molecule has 2 aliphatic rings. The number of fused-ring (bicyclic) bond motifs is 2. The Bertz CT molecular complexity index is 880. The van der Waals surface area contributed by atoms with E-state index in [9.17, 15) is 0 Å². The molecule has 0 N–H and O–H groups in total. The number of methoxy groups -OCH3 is 2. The van der Waals surface area contributed by atoms with Crippen molar-refractivity contribution in [2.24, 2.45) is 5.92 Å². The highest BCUT2D eigenvalue weighted by Crippen LogP contribution is 2.52. The summed E-state index contributed by atoms with van der Waals surface area (Å²) in [6, 6.07) is 10.1. The van der Waals surface area contributed by atoms with Crippen molar-refractivity contribution in [3.05, 3.63) is 41.5 Å². The molecule has 6 heteroatoms. The van der Waals surface area contributed by atoms with Crippen LogP contribution in [0.25, 0.3) is 0 Å². The number of rotatable bonds is 6. The molecular weight excluding hydrogens is 370 g/mol. The van der Waals surface area contributed by atoms with Crippen LogP contribution in [0.5, 0.6) is 28.7 Å². The third-order valence-corrected chi connectivity index (χ3v) is 6.00. The lowest BCUT2D eigenvalue weighted by molar-refractivity contribution is -0.0259. The van der Waals surface area contributed by atoms with Gasteiger partial charge in [0.1, 0.15) is 5.75 Å². The molecule has 6 nitrogen and oxygen atoms in total. The molecule has 2 aliphatic heterocycles. The third-order valence-electron chi connectivity index (χ3n) is 6.00. The predicted octanol–water partition coefficient (Wildman–Crippen LogP) is 4.26. The molecule has 0 amide bonds. The van der Waals surface area contributed by atoms with Crippen molar-refractivity contribution >= 4 is 0 Å². The summed E-state index contributed by atoms with van der Waals surface area (Å²) in [5, 5.41) is 0. The van der Waals surface area contributed by atoms with Crippen LogP contribution in [0.3, 0.4) is 0 Å². The average molecular weight is 399 g/mol. The molecule has 3 atom stereocenters. The fourth-order valence-corrected chi connectivity index (χ4v) is 4.57. The summed E-state index contributed by atoms with van der Waals surface area (Å²) < 4.78 is 29.1. The fraction of sp³-hybridized carbons (Fsp3) is 0.478. The third kappa shape index (κ3) is 3.25. The summed E-state index contributed by atoms with van der Waals surface area (Å²) in [6.07, 6.45) is -0.0567. The van der Waals surface area contributed by atoms with E-state index in [1.54, 1.807) is 14.2 Å². The van der Waals surface area contributed by atoms with Gasteiger partial charge in [0.15, 0.2) is 29.2 Å². The zero-order chi connectivity index (χ0) is 20.5. The second-order valence-electron chi connectivity index (χ2n) is 7.39. The molecule has 0 spiro atoms. The van der Waals surface area contributed by atoms with Crippen molar-refractivity contribution in [1.82, 2.24) is 4.90 Å². The van der Waals surface area contributed by atoms with Gasteiger partial charge < -0.3 is 23.7 Å². The largest absolute Gasteiger partial charge is 0.493 e. The monoisotopic (exact) mass is 399 g/mol. The second kappa shape index (κ2) is 8.03. The van der Waals surface area contributed by atoms with E-state index in [0.29, 0.717) is 0 Å². The van der Waals surface area contributed by atoms with E-state index < -0.39 is 0 Å². The van der Waals surface area contributed by atoms with Crippen LogP contribution in [0, 0.1) is 5.92 Å². The Balaban J connectivity index is 1.90. The van der Waals surface area contributed by atoms with Crippen LogP contribution in [-0.2, 0) is 0 Å². The topological polar surface area (TPSA) is 49.4 Å². The maximum absolute atomic E-state index is 6.51. The molecule has 0 aromatic heterocycles. The van der Waals surface area contributed by atoms with Gasteiger partial charge in [0.05, 0.1) is 14.2 Å². The minimum Gasteiger partial charge on any atom is -0.493 e. The Morgan fingerprint density at radius 3 is 2.34 bits per heavy atom. The number of para-hydroxylation sites is 1. The minimum atomic E-state index is -0.0567. The van der Waals surface area contributed by atoms with Gasteiger partial charge in [-0.3, -0.25) is 4.90 Å². The lowest BCUT2D eigenvalue weighted by Gasteiger charge is -2.43. The zero-order valence-corrected chi connectivity index (χ0v) is 17.7. The van der Waals surface area contributed by atoms with Crippen LogP contribution >= 0.6 is 0 Å². The van der Waals surface area contributed by atoms with Gasteiger partial charge >= 0.3 is 0 Å². The maximum atomic E-state index is 6.51. The lowest BCUT2D eigenvalue weighted by atomic mass is 9.77. The van der Waals surface area contributed by atoms with Crippen molar-refractivity contribution in [1.29, 1.82) is 0 Å².